The molecule has 7 rings (SSSR count). The van der Waals surface area contributed by atoms with Gasteiger partial charge in [-0.15, -0.1) is 0 Å². The number of aliphatic hydroxyl groups is 5. The summed E-state index contributed by atoms with van der Waals surface area (Å²) in [6, 6.07) is 4.69. The average molecular weight is 1040 g/mol. The SMILES string of the molecule is CC[C@H]1OC(=O)[C@H](C)[C@@H](O[C@H]2C[C@@](C)(OC)[C@@H](O)[C@H](C)O2)[C@H](C)[C@@H](O[C@@H]2O[C@H](C)C[C@H](N(C)CCC3CN(C[C@H]4CC(c5ccc6c(c5)OCO6)=NO4)N=N3)[C@H]2O)[C@](C)(O)C[C@@H](C)CN(C)[C@H](C)[C@@H](O)[C@]1(C)O. The summed E-state index contributed by atoms with van der Waals surface area (Å²) in [6.07, 6.45) is -7.89. The van der Waals surface area contributed by atoms with Crippen LogP contribution in [0, 0.1) is 17.8 Å². The van der Waals surface area contributed by atoms with Crippen molar-refractivity contribution in [3.8, 4) is 11.5 Å². The molecule has 0 saturated carbocycles. The van der Waals surface area contributed by atoms with E-state index in [-0.39, 0.29) is 50.2 Å². The number of likely N-dealkylation sites (N-methyl/N-ethyl adjacent to an activating group) is 2. The van der Waals surface area contributed by atoms with Gasteiger partial charge in [-0.2, -0.15) is 5.11 Å². The fourth-order valence-corrected chi connectivity index (χ4v) is 11.9. The third-order valence-corrected chi connectivity index (χ3v) is 16.5. The van der Waals surface area contributed by atoms with Gasteiger partial charge in [0.05, 0.1) is 66.4 Å². The number of benzene rings is 1. The summed E-state index contributed by atoms with van der Waals surface area (Å²) in [5.41, 5.74) is -2.77. The summed E-state index contributed by atoms with van der Waals surface area (Å²) in [6.45, 7) is 20.0. The first-order valence-electron chi connectivity index (χ1n) is 26.4. The summed E-state index contributed by atoms with van der Waals surface area (Å²) < 4.78 is 49.4. The van der Waals surface area contributed by atoms with Crippen LogP contribution in [-0.4, -0.2) is 209 Å². The van der Waals surface area contributed by atoms with Gasteiger partial charge in [0.15, 0.2) is 30.2 Å². The van der Waals surface area contributed by atoms with Gasteiger partial charge in [-0.25, -0.2) is 0 Å². The highest BCUT2D eigenvalue weighted by Crippen LogP contribution is 2.41. The second kappa shape index (κ2) is 23.5. The fourth-order valence-electron chi connectivity index (χ4n) is 11.9. The second-order valence-corrected chi connectivity index (χ2v) is 22.7. The van der Waals surface area contributed by atoms with Crippen LogP contribution < -0.4 is 9.47 Å². The van der Waals surface area contributed by atoms with Crippen LogP contribution in [0.5, 0.6) is 11.5 Å². The van der Waals surface area contributed by atoms with Crippen molar-refractivity contribution in [1.29, 1.82) is 0 Å². The monoisotopic (exact) mass is 1030 g/mol. The van der Waals surface area contributed by atoms with Crippen LogP contribution in [0.3, 0.4) is 0 Å². The molecule has 1 aromatic rings. The topological polar surface area (TPSA) is 248 Å². The normalized spacial score (nSPS) is 43.1. The third-order valence-electron chi connectivity index (χ3n) is 16.5. The summed E-state index contributed by atoms with van der Waals surface area (Å²) >= 11 is 0. The molecule has 6 aliphatic heterocycles. The number of carbonyl (C=O) groups is 1. The van der Waals surface area contributed by atoms with Gasteiger partial charge in [0.2, 0.25) is 6.79 Å². The lowest BCUT2D eigenvalue weighted by molar-refractivity contribution is -0.318. The van der Waals surface area contributed by atoms with Gasteiger partial charge in [-0.3, -0.25) is 9.80 Å². The van der Waals surface area contributed by atoms with Crippen LogP contribution in [0.15, 0.2) is 33.7 Å². The van der Waals surface area contributed by atoms with Crippen LogP contribution in [0.1, 0.15) is 113 Å². The number of cyclic esters (lactones) is 1. The number of ether oxygens (including phenoxy) is 8. The van der Waals surface area contributed by atoms with Gasteiger partial charge in [0, 0.05) is 56.6 Å². The van der Waals surface area contributed by atoms with Gasteiger partial charge in [0.1, 0.15) is 30.0 Å². The molecule has 73 heavy (non-hydrogen) atoms. The quantitative estimate of drug-likeness (QED) is 0.177. The van der Waals surface area contributed by atoms with E-state index in [1.807, 2.05) is 63.0 Å². The Bertz CT molecular complexity index is 2070. The number of fused-ring (bicyclic) bond motifs is 1. The summed E-state index contributed by atoms with van der Waals surface area (Å²) in [5, 5.41) is 75.1. The van der Waals surface area contributed by atoms with E-state index < -0.39 is 102 Å². The molecule has 21 heteroatoms. The minimum atomic E-state index is -1.84. The van der Waals surface area contributed by atoms with E-state index in [2.05, 4.69) is 20.4 Å². The van der Waals surface area contributed by atoms with Crippen molar-refractivity contribution in [1.82, 2.24) is 14.8 Å². The zero-order valence-electron chi connectivity index (χ0n) is 45.3. The van der Waals surface area contributed by atoms with Gasteiger partial charge in [0.25, 0.3) is 0 Å². The highest BCUT2D eigenvalue weighted by molar-refractivity contribution is 6.01. The summed E-state index contributed by atoms with van der Waals surface area (Å²) in [7, 11) is 5.31. The number of hydrogen-bond donors (Lipinski definition) is 5. The number of aliphatic hydroxyl groups excluding tert-OH is 3. The minimum Gasteiger partial charge on any atom is -0.459 e. The molecule has 0 spiro atoms. The molecule has 1 aromatic carbocycles. The zero-order chi connectivity index (χ0) is 53.3. The zero-order valence-corrected chi connectivity index (χ0v) is 45.3. The molecule has 21 nitrogen and oxygen atoms in total. The van der Waals surface area contributed by atoms with E-state index in [1.54, 1.807) is 41.5 Å². The maximum absolute atomic E-state index is 14.5. The first-order valence-corrected chi connectivity index (χ1v) is 26.4. The second-order valence-electron chi connectivity index (χ2n) is 22.7. The smallest absolute Gasteiger partial charge is 0.311 e. The molecule has 414 valence electrons. The third kappa shape index (κ3) is 12.9. The molecule has 0 amide bonds. The predicted octanol–water partition coefficient (Wildman–Crippen LogP) is 3.63. The van der Waals surface area contributed by atoms with Crippen LogP contribution in [-0.2, 0) is 38.1 Å². The number of rotatable bonds is 13. The number of carbonyl (C=O) groups excluding carboxylic acids is 1. The van der Waals surface area contributed by atoms with Crippen molar-refractivity contribution < 1.29 is 73.1 Å². The number of oxime groups is 1. The van der Waals surface area contributed by atoms with E-state index in [4.69, 9.17) is 42.7 Å². The van der Waals surface area contributed by atoms with Crippen LogP contribution in [0.2, 0.25) is 0 Å². The lowest BCUT2D eigenvalue weighted by Gasteiger charge is -2.49. The molecule has 20 atom stereocenters. The molecule has 5 N–H and O–H groups in total. The number of hydrogen-bond acceptors (Lipinski definition) is 21. The summed E-state index contributed by atoms with van der Waals surface area (Å²) in [4.78, 5) is 24.3. The molecule has 0 aromatic heterocycles. The van der Waals surface area contributed by atoms with Crippen molar-refractivity contribution in [2.45, 2.75) is 210 Å². The molecule has 3 saturated heterocycles. The summed E-state index contributed by atoms with van der Waals surface area (Å²) in [5.74, 6) is -1.37. The number of methoxy groups -OCH3 is 1. The van der Waals surface area contributed by atoms with Gasteiger partial charge < -0.3 is 78.1 Å². The highest BCUT2D eigenvalue weighted by Gasteiger charge is 2.53. The molecule has 3 fully saturated rings. The Balaban J connectivity index is 1.07. The molecule has 6 heterocycles. The maximum atomic E-state index is 14.5. The van der Waals surface area contributed by atoms with Crippen LogP contribution >= 0.6 is 0 Å². The fraction of sp³-hybridized carbons (Fsp3) is 0.846. The van der Waals surface area contributed by atoms with Gasteiger partial charge in [-0.1, -0.05) is 31.2 Å². The Labute approximate surface area is 431 Å². The Morgan fingerprint density at radius 1 is 0.945 bits per heavy atom. The van der Waals surface area contributed by atoms with Crippen molar-refractivity contribution in [3.63, 3.8) is 0 Å². The van der Waals surface area contributed by atoms with Gasteiger partial charge >= 0.3 is 5.97 Å². The molecule has 0 radical (unpaired) electrons. The standard InChI is InChI=1S/C52H86N6O15/c1-14-41-52(10,64)45(60)32(6)57(12)24-28(2)22-50(8,63)47(30(4)44(31(5)48(62)70-41)71-42-23-51(9,65-13)46(61)33(7)69-42)72-49-43(59)38(19-29(3)68-49)56(11)18-17-35-25-58(55-53-35)26-36-21-37(54-73-36)34-15-16-39-40(20-34)67-27-66-39/h15-16,20,28-33,35-36,38,41-47,49,59-61,63-64H,14,17-19,21-27H2,1-13H3/t28-,29-,30+,31-,32-,33+,35?,36-,38+,41-,42+,43-,44+,45-,46+,47-,49+,50-,51-,52-/m1/s1. The van der Waals surface area contributed by atoms with Crippen LogP contribution in [0.25, 0.3) is 0 Å². The van der Waals surface area contributed by atoms with E-state index in [0.29, 0.717) is 56.9 Å². The molecular formula is C52H86N6O15. The van der Waals surface area contributed by atoms with E-state index >= 15 is 0 Å². The van der Waals surface area contributed by atoms with Crippen LogP contribution in [0.4, 0.5) is 0 Å². The lowest BCUT2D eigenvalue weighted by Crippen LogP contribution is -2.61. The van der Waals surface area contributed by atoms with Crippen molar-refractivity contribution in [3.05, 3.63) is 23.8 Å². The Kier molecular flexibility index (Phi) is 18.5. The lowest BCUT2D eigenvalue weighted by atomic mass is 9.77. The molecule has 1 unspecified atom stereocenters. The molecule has 6 aliphatic rings. The average Bonchev–Trinajstić information content (AvgIpc) is 4.13. The Hall–Kier alpha value is -3.32. The Morgan fingerprint density at radius 3 is 2.38 bits per heavy atom. The van der Waals surface area contributed by atoms with Crippen molar-refractivity contribution in [2.24, 2.45) is 33.2 Å². The largest absolute Gasteiger partial charge is 0.459 e. The van der Waals surface area contributed by atoms with Crippen molar-refractivity contribution in [2.75, 3.05) is 54.2 Å². The highest BCUT2D eigenvalue weighted by atomic mass is 16.7. The van der Waals surface area contributed by atoms with Crippen molar-refractivity contribution >= 4 is 11.7 Å². The van der Waals surface area contributed by atoms with E-state index in [0.717, 1.165) is 11.3 Å². The number of esters is 1. The molecular weight excluding hydrogens is 949 g/mol. The minimum absolute atomic E-state index is 0.0812. The molecule has 0 bridgehead atoms. The molecule has 0 aliphatic carbocycles. The number of nitrogens with zero attached hydrogens (tertiary/aromatic N) is 6. The first-order chi connectivity index (χ1) is 34.3. The van der Waals surface area contributed by atoms with E-state index in [9.17, 15) is 30.3 Å². The Morgan fingerprint density at radius 2 is 1.67 bits per heavy atom. The first kappa shape index (κ1) is 57.4. The van der Waals surface area contributed by atoms with Gasteiger partial charge in [-0.05, 0) is 112 Å². The predicted molar refractivity (Wildman–Crippen MR) is 267 cm³/mol. The maximum Gasteiger partial charge on any atom is 0.311 e. The van der Waals surface area contributed by atoms with E-state index in [1.165, 1.54) is 14.0 Å².